The van der Waals surface area contributed by atoms with Crippen molar-refractivity contribution in [3.05, 3.63) is 58.3 Å². The van der Waals surface area contributed by atoms with Crippen LogP contribution in [0, 0.1) is 6.92 Å². The third-order valence-electron chi connectivity index (χ3n) is 4.35. The van der Waals surface area contributed by atoms with Crippen LogP contribution >= 0.6 is 11.3 Å². The molecule has 2 aromatic heterocycles. The zero-order valence-electron chi connectivity index (χ0n) is 14.3. The Balaban J connectivity index is 1.52. The van der Waals surface area contributed by atoms with Crippen molar-refractivity contribution in [3.63, 3.8) is 0 Å². The van der Waals surface area contributed by atoms with Gasteiger partial charge in [0.1, 0.15) is 5.76 Å². The molecule has 3 aromatic rings. The Morgan fingerprint density at radius 2 is 2.23 bits per heavy atom. The second-order valence-electron chi connectivity index (χ2n) is 6.24. The van der Waals surface area contributed by atoms with E-state index in [-0.39, 0.29) is 17.9 Å². The highest BCUT2D eigenvalue weighted by Crippen LogP contribution is 2.28. The van der Waals surface area contributed by atoms with Crippen LogP contribution in [0.3, 0.4) is 0 Å². The molecule has 0 unspecified atom stereocenters. The van der Waals surface area contributed by atoms with E-state index in [1.54, 1.807) is 6.92 Å². The zero-order chi connectivity index (χ0) is 18.3. The first kappa shape index (κ1) is 16.5. The third-order valence-corrected chi connectivity index (χ3v) is 5.20. The van der Waals surface area contributed by atoms with Gasteiger partial charge in [0.05, 0.1) is 17.3 Å². The first-order valence-electron chi connectivity index (χ1n) is 8.26. The number of nitrogens with zero attached hydrogens (tertiary/aromatic N) is 1. The number of nitrogens with one attached hydrogen (secondary N) is 2. The van der Waals surface area contributed by atoms with Crippen molar-refractivity contribution >= 4 is 28.8 Å². The van der Waals surface area contributed by atoms with E-state index < -0.39 is 0 Å². The van der Waals surface area contributed by atoms with Gasteiger partial charge in [-0.2, -0.15) is 0 Å². The number of amides is 2. The normalized spacial score (nSPS) is 14.0. The zero-order valence-corrected chi connectivity index (χ0v) is 15.1. The minimum Gasteiger partial charge on any atom is -0.440 e. The molecule has 2 amide bonds. The van der Waals surface area contributed by atoms with Gasteiger partial charge in [-0.25, -0.2) is 4.98 Å². The molecule has 26 heavy (non-hydrogen) atoms. The number of hydrogen-bond donors (Lipinski definition) is 2. The largest absolute Gasteiger partial charge is 0.440 e. The number of fused-ring (bicyclic) bond motifs is 1. The molecule has 7 heteroatoms. The Morgan fingerprint density at radius 3 is 3.00 bits per heavy atom. The molecule has 4 rings (SSSR count). The first-order chi connectivity index (χ1) is 12.5. The molecule has 1 atom stereocenters. The molecule has 0 bridgehead atoms. The summed E-state index contributed by atoms with van der Waals surface area (Å²) in [4.78, 5) is 29.3. The lowest BCUT2D eigenvalue weighted by Gasteiger charge is -2.14. The van der Waals surface area contributed by atoms with Gasteiger partial charge in [0.2, 0.25) is 11.8 Å². The smallest absolute Gasteiger partial charge is 0.274 e. The van der Waals surface area contributed by atoms with Crippen molar-refractivity contribution in [2.24, 2.45) is 0 Å². The molecule has 1 aliphatic rings. The first-order valence-corrected chi connectivity index (χ1v) is 9.14. The summed E-state index contributed by atoms with van der Waals surface area (Å²) < 4.78 is 5.63. The molecular weight excluding hydrogens is 350 g/mol. The number of benzene rings is 1. The Labute approximate surface area is 154 Å². The fraction of sp³-hybridized carbons (Fsp3) is 0.211. The molecule has 0 fully saturated rings. The summed E-state index contributed by atoms with van der Waals surface area (Å²) in [7, 11) is 0. The van der Waals surface area contributed by atoms with Crippen molar-refractivity contribution < 1.29 is 14.0 Å². The van der Waals surface area contributed by atoms with Crippen molar-refractivity contribution in [2.45, 2.75) is 26.3 Å². The molecular formula is C19H17N3O3S. The van der Waals surface area contributed by atoms with Crippen LogP contribution in [0.15, 0.2) is 40.1 Å². The van der Waals surface area contributed by atoms with Gasteiger partial charge in [0, 0.05) is 5.69 Å². The predicted molar refractivity (Wildman–Crippen MR) is 99.2 cm³/mol. The monoisotopic (exact) mass is 367 g/mol. The van der Waals surface area contributed by atoms with E-state index in [1.165, 1.54) is 11.3 Å². The highest BCUT2D eigenvalue weighted by Gasteiger charge is 2.22. The van der Waals surface area contributed by atoms with E-state index in [4.69, 9.17) is 4.42 Å². The number of hydrogen-bond acceptors (Lipinski definition) is 5. The third kappa shape index (κ3) is 3.01. The summed E-state index contributed by atoms with van der Waals surface area (Å²) >= 11 is 1.51. The summed E-state index contributed by atoms with van der Waals surface area (Å²) in [6.45, 7) is 3.63. The molecule has 6 nitrogen and oxygen atoms in total. The average Bonchev–Trinajstić information content (AvgIpc) is 3.31. The summed E-state index contributed by atoms with van der Waals surface area (Å²) in [6.07, 6.45) is 0.371. The van der Waals surface area contributed by atoms with E-state index in [1.807, 2.05) is 42.6 Å². The SMILES string of the molecule is Cc1oc(-c2cccs2)nc1C(=O)N[C@H](C)c1ccc2c(c1)CC(=O)N2. The molecule has 0 radical (unpaired) electrons. The summed E-state index contributed by atoms with van der Waals surface area (Å²) in [5.74, 6) is 0.656. The number of carbonyl (C=O) groups excluding carboxylic acids is 2. The van der Waals surface area contributed by atoms with Crippen molar-refractivity contribution in [1.29, 1.82) is 0 Å². The predicted octanol–water partition coefficient (Wildman–Crippen LogP) is 3.70. The van der Waals surface area contributed by atoms with Crippen LogP contribution in [0.2, 0.25) is 0 Å². The van der Waals surface area contributed by atoms with Crippen molar-refractivity contribution in [3.8, 4) is 10.8 Å². The topological polar surface area (TPSA) is 84.2 Å². The van der Waals surface area contributed by atoms with Crippen LogP contribution in [0.5, 0.6) is 0 Å². The van der Waals surface area contributed by atoms with Gasteiger partial charge in [0.15, 0.2) is 5.69 Å². The van der Waals surface area contributed by atoms with E-state index in [9.17, 15) is 9.59 Å². The van der Waals surface area contributed by atoms with E-state index >= 15 is 0 Å². The molecule has 0 saturated carbocycles. The number of carbonyl (C=O) groups is 2. The maximum absolute atomic E-state index is 12.6. The maximum Gasteiger partial charge on any atom is 0.274 e. The number of rotatable bonds is 4. The summed E-state index contributed by atoms with van der Waals surface area (Å²) in [5.41, 5.74) is 3.02. The van der Waals surface area contributed by atoms with Crippen LogP contribution in [0.1, 0.15) is 40.3 Å². The van der Waals surface area contributed by atoms with E-state index in [0.717, 1.165) is 21.7 Å². The highest BCUT2D eigenvalue weighted by molar-refractivity contribution is 7.13. The lowest BCUT2D eigenvalue weighted by atomic mass is 10.0. The Hall–Kier alpha value is -2.93. The maximum atomic E-state index is 12.6. The van der Waals surface area contributed by atoms with Crippen LogP contribution in [-0.2, 0) is 11.2 Å². The molecule has 3 heterocycles. The van der Waals surface area contributed by atoms with Gasteiger partial charge >= 0.3 is 0 Å². The van der Waals surface area contributed by atoms with E-state index in [0.29, 0.717) is 23.8 Å². The fourth-order valence-corrected chi connectivity index (χ4v) is 3.63. The minimum absolute atomic E-state index is 0.00633. The van der Waals surface area contributed by atoms with Crippen LogP contribution < -0.4 is 10.6 Å². The fourth-order valence-electron chi connectivity index (χ4n) is 2.98. The average molecular weight is 367 g/mol. The quantitative estimate of drug-likeness (QED) is 0.736. The molecule has 0 spiro atoms. The Kier molecular flexibility index (Phi) is 4.08. The number of oxazole rings is 1. The molecule has 1 aromatic carbocycles. The lowest BCUT2D eigenvalue weighted by Crippen LogP contribution is -2.27. The molecule has 132 valence electrons. The highest BCUT2D eigenvalue weighted by atomic mass is 32.1. The van der Waals surface area contributed by atoms with Crippen molar-refractivity contribution in [1.82, 2.24) is 10.3 Å². The van der Waals surface area contributed by atoms with Gasteiger partial charge in [-0.3, -0.25) is 9.59 Å². The number of anilines is 1. The van der Waals surface area contributed by atoms with Crippen LogP contribution in [0.25, 0.3) is 10.8 Å². The van der Waals surface area contributed by atoms with Gasteiger partial charge in [-0.05, 0) is 42.5 Å². The second-order valence-corrected chi connectivity index (χ2v) is 7.19. The second kappa shape index (κ2) is 6.42. The van der Waals surface area contributed by atoms with Gasteiger partial charge in [-0.1, -0.05) is 18.2 Å². The minimum atomic E-state index is -0.281. The van der Waals surface area contributed by atoms with E-state index in [2.05, 4.69) is 15.6 Å². The van der Waals surface area contributed by atoms with Crippen LogP contribution in [0.4, 0.5) is 5.69 Å². The summed E-state index contributed by atoms with van der Waals surface area (Å²) in [5, 5.41) is 7.69. The summed E-state index contributed by atoms with van der Waals surface area (Å²) in [6, 6.07) is 9.32. The Bertz CT molecular complexity index is 992. The number of thiophene rings is 1. The van der Waals surface area contributed by atoms with Gasteiger partial charge < -0.3 is 15.1 Å². The number of aromatic nitrogens is 1. The lowest BCUT2D eigenvalue weighted by molar-refractivity contribution is -0.115. The molecule has 0 saturated heterocycles. The Morgan fingerprint density at radius 1 is 1.38 bits per heavy atom. The van der Waals surface area contributed by atoms with Gasteiger partial charge in [-0.15, -0.1) is 11.3 Å². The molecule has 2 N–H and O–H groups in total. The molecule has 0 aliphatic carbocycles. The van der Waals surface area contributed by atoms with Crippen molar-refractivity contribution in [2.75, 3.05) is 5.32 Å². The van der Waals surface area contributed by atoms with Gasteiger partial charge in [0.25, 0.3) is 5.91 Å². The number of aryl methyl sites for hydroxylation is 1. The molecule has 1 aliphatic heterocycles. The van der Waals surface area contributed by atoms with Crippen LogP contribution in [-0.4, -0.2) is 16.8 Å². The standard InChI is InChI=1S/C19H17N3O3S/c1-10(12-5-6-14-13(8-12)9-16(23)21-14)20-18(24)17-11(2)25-19(22-17)15-4-3-7-26-15/h3-8,10H,9H2,1-2H3,(H,20,24)(H,21,23)/t10-/m1/s1.